The first kappa shape index (κ1) is 14.1. The van der Waals surface area contributed by atoms with E-state index < -0.39 is 9.95 Å². The highest BCUT2D eigenvalue weighted by Crippen LogP contribution is 2.25. The van der Waals surface area contributed by atoms with Crippen molar-refractivity contribution in [1.29, 1.82) is 0 Å². The molecule has 0 atom stereocenters. The van der Waals surface area contributed by atoms with Crippen LogP contribution in [-0.2, 0) is 14.2 Å². The maximum atomic E-state index is 10.6. The van der Waals surface area contributed by atoms with Crippen LogP contribution in [0.25, 0.3) is 0 Å². The summed E-state index contributed by atoms with van der Waals surface area (Å²) in [6.07, 6.45) is -0.731. The van der Waals surface area contributed by atoms with Crippen LogP contribution in [0.5, 0.6) is 0 Å². The first-order chi connectivity index (χ1) is 6.45. The van der Waals surface area contributed by atoms with Crippen molar-refractivity contribution >= 4 is 41.0 Å². The van der Waals surface area contributed by atoms with Crippen LogP contribution >= 0.6 is 34.8 Å². The molecule has 0 heterocycles. The van der Waals surface area contributed by atoms with Gasteiger partial charge < -0.3 is 14.2 Å². The molecule has 0 rings (SSSR count). The summed E-state index contributed by atoms with van der Waals surface area (Å²) in [6.45, 7) is 2.13. The van der Waals surface area contributed by atoms with Crippen LogP contribution < -0.4 is 0 Å². The van der Waals surface area contributed by atoms with Gasteiger partial charge in [-0.3, -0.25) is 0 Å². The molecule has 0 aliphatic heterocycles. The molecule has 84 valence electrons. The van der Waals surface area contributed by atoms with Crippen LogP contribution in [0.3, 0.4) is 0 Å². The molecule has 0 aromatic rings. The Morgan fingerprint density at radius 1 is 1.21 bits per heavy atom. The molecule has 14 heavy (non-hydrogen) atoms. The molecule has 0 amide bonds. The molecule has 0 aliphatic carbocycles. The van der Waals surface area contributed by atoms with Gasteiger partial charge in [0.2, 0.25) is 3.79 Å². The lowest BCUT2D eigenvalue weighted by Gasteiger charge is -2.10. The molecule has 0 aromatic carbocycles. The van der Waals surface area contributed by atoms with Gasteiger partial charge in [0.05, 0.1) is 19.8 Å². The monoisotopic (exact) mass is 264 g/mol. The van der Waals surface area contributed by atoms with Crippen molar-refractivity contribution in [3.8, 4) is 0 Å². The van der Waals surface area contributed by atoms with Crippen molar-refractivity contribution in [2.45, 2.75) is 10.7 Å². The van der Waals surface area contributed by atoms with Crippen molar-refractivity contribution < 1.29 is 19.0 Å². The van der Waals surface area contributed by atoms with Gasteiger partial charge >= 0.3 is 6.16 Å². The lowest BCUT2D eigenvalue weighted by atomic mass is 10.7. The van der Waals surface area contributed by atoms with E-state index in [2.05, 4.69) is 9.47 Å². The fourth-order valence-electron chi connectivity index (χ4n) is 0.531. The predicted octanol–water partition coefficient (Wildman–Crippen LogP) is 2.55. The van der Waals surface area contributed by atoms with Gasteiger partial charge in [-0.2, -0.15) is 0 Å². The first-order valence-corrected chi connectivity index (χ1v) is 5.03. The zero-order valence-electron chi connectivity index (χ0n) is 7.60. The van der Waals surface area contributed by atoms with E-state index in [9.17, 15) is 4.79 Å². The van der Waals surface area contributed by atoms with Gasteiger partial charge in [0.15, 0.2) is 0 Å². The zero-order chi connectivity index (χ0) is 11.0. The Morgan fingerprint density at radius 3 is 2.36 bits per heavy atom. The summed E-state index contributed by atoms with van der Waals surface area (Å²) in [7, 11) is 0. The number of carbonyl (C=O) groups excluding carboxylic acids is 1. The average Bonchev–Trinajstić information content (AvgIpc) is 2.02. The molecule has 4 nitrogen and oxygen atoms in total. The van der Waals surface area contributed by atoms with Crippen molar-refractivity contribution in [1.82, 2.24) is 0 Å². The molecular formula is C7H11Cl3O4. The van der Waals surface area contributed by atoms with Crippen molar-refractivity contribution in [3.05, 3.63) is 0 Å². The van der Waals surface area contributed by atoms with Crippen molar-refractivity contribution in [3.63, 3.8) is 0 Å². The average molecular weight is 266 g/mol. The highest BCUT2D eigenvalue weighted by Gasteiger charge is 2.19. The summed E-state index contributed by atoms with van der Waals surface area (Å²) in [5, 5.41) is 0. The van der Waals surface area contributed by atoms with Crippen molar-refractivity contribution in [2.75, 3.05) is 26.4 Å². The van der Waals surface area contributed by atoms with Gasteiger partial charge in [-0.15, -0.1) is 0 Å². The lowest BCUT2D eigenvalue weighted by Crippen LogP contribution is -2.17. The van der Waals surface area contributed by atoms with Crippen LogP contribution in [0.4, 0.5) is 4.79 Å². The lowest BCUT2D eigenvalue weighted by molar-refractivity contribution is 0.0304. The Bertz CT molecular complexity index is 169. The second-order valence-corrected chi connectivity index (χ2v) is 4.72. The Kier molecular flexibility index (Phi) is 7.45. The minimum Gasteiger partial charge on any atom is -0.435 e. The van der Waals surface area contributed by atoms with Gasteiger partial charge in [-0.05, 0) is 6.92 Å². The molecule has 0 bridgehead atoms. The minimum atomic E-state index is -1.44. The Labute approximate surface area is 97.3 Å². The van der Waals surface area contributed by atoms with Gasteiger partial charge in [0.25, 0.3) is 0 Å². The number of ether oxygens (including phenoxy) is 3. The SMILES string of the molecule is CCOC(=O)OCCOCC(Cl)(Cl)Cl. The Morgan fingerprint density at radius 2 is 1.86 bits per heavy atom. The van der Waals surface area contributed by atoms with E-state index in [1.165, 1.54) is 0 Å². The Hall–Kier alpha value is 0.1000. The minimum absolute atomic E-state index is 0.0517. The zero-order valence-corrected chi connectivity index (χ0v) is 9.86. The molecule has 0 N–H and O–H groups in total. The van der Waals surface area contributed by atoms with Crippen LogP contribution in [0, 0.1) is 0 Å². The number of hydrogen-bond donors (Lipinski definition) is 0. The van der Waals surface area contributed by atoms with Crippen molar-refractivity contribution in [2.24, 2.45) is 0 Å². The predicted molar refractivity (Wildman–Crippen MR) is 54.1 cm³/mol. The third-order valence-corrected chi connectivity index (χ3v) is 1.30. The molecule has 0 saturated heterocycles. The van der Waals surface area contributed by atoms with Crippen LogP contribution in [0.2, 0.25) is 0 Å². The number of halogens is 3. The molecule has 0 aliphatic rings. The summed E-state index contributed by atoms with van der Waals surface area (Å²) in [4.78, 5) is 10.6. The maximum absolute atomic E-state index is 10.6. The third-order valence-electron chi connectivity index (χ3n) is 0.975. The van der Waals surface area contributed by atoms with E-state index in [1.807, 2.05) is 0 Å². The van der Waals surface area contributed by atoms with E-state index in [4.69, 9.17) is 39.5 Å². The summed E-state index contributed by atoms with van der Waals surface area (Å²) in [5.41, 5.74) is 0. The molecule has 0 aromatic heterocycles. The van der Waals surface area contributed by atoms with E-state index in [0.717, 1.165) is 0 Å². The second kappa shape index (κ2) is 7.40. The second-order valence-electron chi connectivity index (χ2n) is 2.20. The largest absolute Gasteiger partial charge is 0.508 e. The van der Waals surface area contributed by atoms with Gasteiger partial charge in [0, 0.05) is 0 Å². The molecule has 0 unspecified atom stereocenters. The topological polar surface area (TPSA) is 44.8 Å². The summed E-state index contributed by atoms with van der Waals surface area (Å²) >= 11 is 16.2. The molecule has 7 heteroatoms. The summed E-state index contributed by atoms with van der Waals surface area (Å²) < 4.78 is 12.5. The summed E-state index contributed by atoms with van der Waals surface area (Å²) in [6, 6.07) is 0. The highest BCUT2D eigenvalue weighted by atomic mass is 35.6. The smallest absolute Gasteiger partial charge is 0.435 e. The van der Waals surface area contributed by atoms with E-state index in [1.54, 1.807) is 6.92 Å². The standard InChI is InChI=1S/C7H11Cl3O4/c1-2-13-6(11)14-4-3-12-5-7(8,9)10/h2-5H2,1H3. The summed E-state index contributed by atoms with van der Waals surface area (Å²) in [5.74, 6) is 0. The van der Waals surface area contributed by atoms with Crippen LogP contribution in [0.1, 0.15) is 6.92 Å². The van der Waals surface area contributed by atoms with Crippen LogP contribution in [0.15, 0.2) is 0 Å². The fraction of sp³-hybridized carbons (Fsp3) is 0.857. The van der Waals surface area contributed by atoms with E-state index in [0.29, 0.717) is 0 Å². The number of hydrogen-bond acceptors (Lipinski definition) is 4. The van der Waals surface area contributed by atoms with Gasteiger partial charge in [-0.1, -0.05) is 34.8 Å². The van der Waals surface area contributed by atoms with Gasteiger partial charge in [-0.25, -0.2) is 4.79 Å². The third kappa shape index (κ3) is 10.2. The molecule has 0 spiro atoms. The molecule has 0 fully saturated rings. The molecular weight excluding hydrogens is 254 g/mol. The normalized spacial score (nSPS) is 11.1. The van der Waals surface area contributed by atoms with E-state index in [-0.39, 0.29) is 26.4 Å². The van der Waals surface area contributed by atoms with Gasteiger partial charge in [0.1, 0.15) is 6.61 Å². The molecule has 0 radical (unpaired) electrons. The van der Waals surface area contributed by atoms with E-state index >= 15 is 0 Å². The quantitative estimate of drug-likeness (QED) is 0.435. The Balaban J connectivity index is 3.26. The highest BCUT2D eigenvalue weighted by molar-refractivity contribution is 6.67. The first-order valence-electron chi connectivity index (χ1n) is 3.89. The number of alkyl halides is 3. The fourth-order valence-corrected chi connectivity index (χ4v) is 0.763. The van der Waals surface area contributed by atoms with Crippen LogP contribution in [-0.4, -0.2) is 36.4 Å². The number of rotatable bonds is 5. The number of carbonyl (C=O) groups is 1. The maximum Gasteiger partial charge on any atom is 0.508 e. The molecule has 0 saturated carbocycles.